The Morgan fingerprint density at radius 1 is 1.47 bits per heavy atom. The van der Waals surface area contributed by atoms with Crippen molar-refractivity contribution in [3.05, 3.63) is 11.4 Å². The Balaban J connectivity index is 2.48. The monoisotopic (exact) mass is 251 g/mol. The highest BCUT2D eigenvalue weighted by atomic mass is 32.1. The standard InChI is InChI=1S/C10H13N5OS/c1-10(2,8(11)16)15-6-5-3-4-17-7(5)14-9(12)13-6/h3-4H,1-2H3,(H2,11,16)(H3,12,13,14,15). The first-order valence-electron chi connectivity index (χ1n) is 4.99. The molecule has 0 fully saturated rings. The van der Waals surface area contributed by atoms with Gasteiger partial charge in [-0.1, -0.05) is 0 Å². The predicted molar refractivity (Wildman–Crippen MR) is 68.7 cm³/mol. The van der Waals surface area contributed by atoms with Gasteiger partial charge in [0.15, 0.2) is 0 Å². The van der Waals surface area contributed by atoms with Crippen LogP contribution in [0.15, 0.2) is 11.4 Å². The highest BCUT2D eigenvalue weighted by Gasteiger charge is 2.26. The Hall–Kier alpha value is -1.89. The van der Waals surface area contributed by atoms with E-state index in [1.807, 2.05) is 11.4 Å². The lowest BCUT2D eigenvalue weighted by Gasteiger charge is -2.23. The number of carbonyl (C=O) groups excluding carboxylic acids is 1. The summed E-state index contributed by atoms with van der Waals surface area (Å²) in [7, 11) is 0. The number of amides is 1. The van der Waals surface area contributed by atoms with Crippen molar-refractivity contribution in [2.45, 2.75) is 19.4 Å². The topological polar surface area (TPSA) is 107 Å². The molecule has 0 aliphatic carbocycles. The number of fused-ring (bicyclic) bond motifs is 1. The summed E-state index contributed by atoms with van der Waals surface area (Å²) in [4.78, 5) is 20.2. The maximum atomic E-state index is 11.3. The summed E-state index contributed by atoms with van der Waals surface area (Å²) in [5.74, 6) is 0.235. The van der Waals surface area contributed by atoms with E-state index in [2.05, 4.69) is 15.3 Å². The van der Waals surface area contributed by atoms with Gasteiger partial charge in [0.25, 0.3) is 0 Å². The van der Waals surface area contributed by atoms with Gasteiger partial charge >= 0.3 is 0 Å². The van der Waals surface area contributed by atoms with Crippen molar-refractivity contribution in [1.29, 1.82) is 0 Å². The summed E-state index contributed by atoms with van der Waals surface area (Å²) in [5, 5.41) is 5.71. The fourth-order valence-corrected chi connectivity index (χ4v) is 2.10. The average Bonchev–Trinajstić information content (AvgIpc) is 2.64. The summed E-state index contributed by atoms with van der Waals surface area (Å²) in [6.45, 7) is 3.37. The first-order chi connectivity index (χ1) is 7.90. The van der Waals surface area contributed by atoms with Crippen molar-refractivity contribution >= 4 is 39.2 Å². The van der Waals surface area contributed by atoms with Gasteiger partial charge in [0.1, 0.15) is 16.2 Å². The number of nitrogens with one attached hydrogen (secondary N) is 1. The molecule has 2 aromatic heterocycles. The Labute approximate surface area is 102 Å². The summed E-state index contributed by atoms with van der Waals surface area (Å²) >= 11 is 1.46. The van der Waals surface area contributed by atoms with Gasteiger partial charge in [0, 0.05) is 0 Å². The van der Waals surface area contributed by atoms with E-state index in [0.29, 0.717) is 5.82 Å². The maximum Gasteiger partial charge on any atom is 0.242 e. The molecule has 17 heavy (non-hydrogen) atoms. The van der Waals surface area contributed by atoms with Crippen LogP contribution in [0.25, 0.3) is 10.2 Å². The molecular weight excluding hydrogens is 238 g/mol. The molecule has 0 atom stereocenters. The molecule has 0 radical (unpaired) electrons. The van der Waals surface area contributed by atoms with Crippen LogP contribution < -0.4 is 16.8 Å². The number of nitrogens with two attached hydrogens (primary N) is 2. The van der Waals surface area contributed by atoms with Gasteiger partial charge in [-0.05, 0) is 25.3 Å². The molecule has 2 heterocycles. The predicted octanol–water partition coefficient (Wildman–Crippen LogP) is 0.949. The molecular formula is C10H13N5OS. The average molecular weight is 251 g/mol. The van der Waals surface area contributed by atoms with E-state index in [1.54, 1.807) is 13.8 Å². The maximum absolute atomic E-state index is 11.3. The van der Waals surface area contributed by atoms with Crippen molar-refractivity contribution in [3.8, 4) is 0 Å². The number of anilines is 2. The van der Waals surface area contributed by atoms with Gasteiger partial charge < -0.3 is 16.8 Å². The Morgan fingerprint density at radius 3 is 2.82 bits per heavy atom. The van der Waals surface area contributed by atoms with Gasteiger partial charge in [-0.25, -0.2) is 4.98 Å². The fraction of sp³-hybridized carbons (Fsp3) is 0.300. The Bertz CT molecular complexity index is 577. The molecule has 5 N–H and O–H groups in total. The number of carbonyl (C=O) groups is 1. The van der Waals surface area contributed by atoms with Crippen LogP contribution >= 0.6 is 11.3 Å². The van der Waals surface area contributed by atoms with E-state index < -0.39 is 11.4 Å². The van der Waals surface area contributed by atoms with E-state index in [1.165, 1.54) is 11.3 Å². The molecule has 6 nitrogen and oxygen atoms in total. The van der Waals surface area contributed by atoms with Crippen molar-refractivity contribution < 1.29 is 4.79 Å². The molecule has 0 unspecified atom stereocenters. The van der Waals surface area contributed by atoms with Crippen LogP contribution in [-0.4, -0.2) is 21.4 Å². The third-order valence-electron chi connectivity index (χ3n) is 2.39. The minimum absolute atomic E-state index is 0.169. The van der Waals surface area contributed by atoms with Crippen LogP contribution in [0.2, 0.25) is 0 Å². The highest BCUT2D eigenvalue weighted by molar-refractivity contribution is 7.16. The number of nitrogen functional groups attached to an aromatic ring is 1. The van der Waals surface area contributed by atoms with Gasteiger partial charge in [-0.2, -0.15) is 4.98 Å². The first-order valence-corrected chi connectivity index (χ1v) is 5.87. The molecule has 0 spiro atoms. The SMILES string of the molecule is CC(C)(Nc1nc(N)nc2sccc12)C(N)=O. The van der Waals surface area contributed by atoms with Crippen LogP contribution in [0.1, 0.15) is 13.8 Å². The van der Waals surface area contributed by atoms with Crippen molar-refractivity contribution in [2.24, 2.45) is 5.73 Å². The molecule has 0 saturated heterocycles. The third-order valence-corrected chi connectivity index (χ3v) is 3.20. The van der Waals surface area contributed by atoms with Gasteiger partial charge in [0.2, 0.25) is 11.9 Å². The Kier molecular flexibility index (Phi) is 2.62. The molecule has 1 amide bonds. The molecule has 2 aromatic rings. The number of hydrogen-bond acceptors (Lipinski definition) is 6. The molecule has 2 rings (SSSR count). The first kappa shape index (κ1) is 11.6. The van der Waals surface area contributed by atoms with Gasteiger partial charge in [-0.15, -0.1) is 11.3 Å². The zero-order chi connectivity index (χ0) is 12.6. The normalized spacial score (nSPS) is 11.6. The minimum atomic E-state index is -0.893. The zero-order valence-corrected chi connectivity index (χ0v) is 10.3. The number of thiophene rings is 1. The Morgan fingerprint density at radius 2 is 2.18 bits per heavy atom. The summed E-state index contributed by atoms with van der Waals surface area (Å²) in [5.41, 5.74) is 10.0. The van der Waals surface area contributed by atoms with Crippen molar-refractivity contribution in [2.75, 3.05) is 11.1 Å². The van der Waals surface area contributed by atoms with E-state index >= 15 is 0 Å². The van der Waals surface area contributed by atoms with Crippen LogP contribution in [0.4, 0.5) is 11.8 Å². The molecule has 0 saturated carbocycles. The number of hydrogen-bond donors (Lipinski definition) is 3. The third kappa shape index (κ3) is 2.14. The second-order valence-corrected chi connectivity index (χ2v) is 5.08. The molecule has 0 aliphatic heterocycles. The van der Waals surface area contributed by atoms with E-state index in [-0.39, 0.29) is 5.95 Å². The molecule has 0 bridgehead atoms. The molecule has 0 aliphatic rings. The van der Waals surface area contributed by atoms with Crippen LogP contribution in [0.3, 0.4) is 0 Å². The lowest BCUT2D eigenvalue weighted by molar-refractivity contribution is -0.121. The molecule has 0 aromatic carbocycles. The van der Waals surface area contributed by atoms with E-state index in [0.717, 1.165) is 10.2 Å². The summed E-state index contributed by atoms with van der Waals surface area (Å²) < 4.78 is 0. The van der Waals surface area contributed by atoms with Gasteiger partial charge in [-0.3, -0.25) is 4.79 Å². The summed E-state index contributed by atoms with van der Waals surface area (Å²) in [6, 6.07) is 1.87. The van der Waals surface area contributed by atoms with Crippen molar-refractivity contribution in [3.63, 3.8) is 0 Å². The van der Waals surface area contributed by atoms with Gasteiger partial charge in [0.05, 0.1) is 5.39 Å². The lowest BCUT2D eigenvalue weighted by atomic mass is 10.1. The number of aromatic nitrogens is 2. The van der Waals surface area contributed by atoms with E-state index in [9.17, 15) is 4.79 Å². The lowest BCUT2D eigenvalue weighted by Crippen LogP contribution is -2.45. The molecule has 7 heteroatoms. The fourth-order valence-electron chi connectivity index (χ4n) is 1.32. The quantitative estimate of drug-likeness (QED) is 0.752. The van der Waals surface area contributed by atoms with Crippen molar-refractivity contribution in [1.82, 2.24) is 9.97 Å². The number of nitrogens with zero attached hydrogens (tertiary/aromatic N) is 2. The second-order valence-electron chi connectivity index (χ2n) is 4.18. The smallest absolute Gasteiger partial charge is 0.242 e. The van der Waals surface area contributed by atoms with Crippen LogP contribution in [0.5, 0.6) is 0 Å². The zero-order valence-electron chi connectivity index (χ0n) is 9.52. The van der Waals surface area contributed by atoms with Crippen LogP contribution in [-0.2, 0) is 4.79 Å². The van der Waals surface area contributed by atoms with Crippen LogP contribution in [0, 0.1) is 0 Å². The summed E-state index contributed by atoms with van der Waals surface area (Å²) in [6.07, 6.45) is 0. The number of rotatable bonds is 3. The number of primary amides is 1. The minimum Gasteiger partial charge on any atom is -0.368 e. The highest BCUT2D eigenvalue weighted by Crippen LogP contribution is 2.27. The molecule has 90 valence electrons. The largest absolute Gasteiger partial charge is 0.368 e. The second kappa shape index (κ2) is 3.85. The van der Waals surface area contributed by atoms with E-state index in [4.69, 9.17) is 11.5 Å².